The number of benzene rings is 2. The molecule has 0 saturated heterocycles. The zero-order valence-electron chi connectivity index (χ0n) is 11.3. The highest BCUT2D eigenvalue weighted by Crippen LogP contribution is 2.23. The zero-order valence-corrected chi connectivity index (χ0v) is 12.8. The largest absolute Gasteiger partial charge is 0.489 e. The van der Waals surface area contributed by atoms with Crippen LogP contribution in [0.25, 0.3) is 0 Å². The molecule has 0 aliphatic rings. The summed E-state index contributed by atoms with van der Waals surface area (Å²) in [5.74, 6) is 6.57. The maximum absolute atomic E-state index is 8.71. The van der Waals surface area contributed by atoms with E-state index in [0.29, 0.717) is 23.1 Å². The summed E-state index contributed by atoms with van der Waals surface area (Å²) in [5.41, 5.74) is 1.72. The Bertz CT molecular complexity index is 672. The molecule has 1 N–H and O–H groups in total. The van der Waals surface area contributed by atoms with Crippen LogP contribution in [0.4, 0.5) is 0 Å². The Morgan fingerprint density at radius 2 is 1.95 bits per heavy atom. The van der Waals surface area contributed by atoms with E-state index < -0.39 is 0 Å². The average molecular weight is 321 g/mol. The maximum atomic E-state index is 8.71. The van der Waals surface area contributed by atoms with Crippen molar-refractivity contribution in [1.82, 2.24) is 0 Å². The maximum Gasteiger partial charge on any atom is 0.121 e. The second-order valence-corrected chi connectivity index (χ2v) is 5.17. The van der Waals surface area contributed by atoms with Crippen LogP contribution >= 0.6 is 23.2 Å². The van der Waals surface area contributed by atoms with E-state index in [-0.39, 0.29) is 6.61 Å². The van der Waals surface area contributed by atoms with Crippen LogP contribution in [0.15, 0.2) is 42.5 Å². The molecule has 2 aromatic carbocycles. The normalized spacial score (nSPS) is 9.86. The topological polar surface area (TPSA) is 29.5 Å². The fourth-order valence-electron chi connectivity index (χ4n) is 1.68. The molecule has 0 spiro atoms. The van der Waals surface area contributed by atoms with Crippen LogP contribution in [0.1, 0.15) is 17.5 Å². The number of rotatable bonds is 4. The molecule has 2 rings (SSSR count). The van der Waals surface area contributed by atoms with Gasteiger partial charge in [0.1, 0.15) is 12.4 Å². The summed E-state index contributed by atoms with van der Waals surface area (Å²) < 4.78 is 5.72. The first-order chi connectivity index (χ1) is 10.2. The van der Waals surface area contributed by atoms with E-state index in [2.05, 4.69) is 11.8 Å². The molecule has 4 heteroatoms. The predicted octanol–water partition coefficient (Wildman–Crippen LogP) is 4.31. The van der Waals surface area contributed by atoms with Gasteiger partial charge in [-0.3, -0.25) is 0 Å². The van der Waals surface area contributed by atoms with Crippen LogP contribution in [0, 0.1) is 11.8 Å². The van der Waals surface area contributed by atoms with Crippen molar-refractivity contribution in [2.45, 2.75) is 13.0 Å². The van der Waals surface area contributed by atoms with E-state index in [0.717, 1.165) is 16.9 Å². The molecular formula is C17H14Cl2O2. The van der Waals surface area contributed by atoms with Crippen molar-refractivity contribution < 1.29 is 9.84 Å². The molecule has 0 amide bonds. The van der Waals surface area contributed by atoms with E-state index in [1.165, 1.54) is 0 Å². The van der Waals surface area contributed by atoms with E-state index in [1.54, 1.807) is 12.1 Å². The monoisotopic (exact) mass is 320 g/mol. The molecule has 2 nitrogen and oxygen atoms in total. The molecule has 108 valence electrons. The number of aliphatic hydroxyl groups excluding tert-OH is 1. The Morgan fingerprint density at radius 1 is 1.10 bits per heavy atom. The average Bonchev–Trinajstić information content (AvgIpc) is 2.47. The van der Waals surface area contributed by atoms with Gasteiger partial charge < -0.3 is 9.84 Å². The van der Waals surface area contributed by atoms with Crippen LogP contribution in [-0.4, -0.2) is 11.7 Å². The second-order valence-electron chi connectivity index (χ2n) is 4.33. The fraction of sp³-hybridized carbons (Fsp3) is 0.176. The summed E-state index contributed by atoms with van der Waals surface area (Å²) in [7, 11) is 0. The van der Waals surface area contributed by atoms with Crippen LogP contribution in [0.2, 0.25) is 10.0 Å². The zero-order chi connectivity index (χ0) is 15.1. The molecule has 0 saturated carbocycles. The summed E-state index contributed by atoms with van der Waals surface area (Å²) >= 11 is 12.0. The van der Waals surface area contributed by atoms with Crippen molar-refractivity contribution in [2.75, 3.05) is 6.61 Å². The van der Waals surface area contributed by atoms with Crippen LogP contribution in [0.3, 0.4) is 0 Å². The van der Waals surface area contributed by atoms with Crippen molar-refractivity contribution >= 4 is 23.2 Å². The number of ether oxygens (including phenoxy) is 1. The van der Waals surface area contributed by atoms with Crippen LogP contribution in [0.5, 0.6) is 5.75 Å². The minimum atomic E-state index is 0.0677. The van der Waals surface area contributed by atoms with E-state index >= 15 is 0 Å². The molecule has 2 aromatic rings. The summed E-state index contributed by atoms with van der Waals surface area (Å²) in [6.07, 6.45) is 0.464. The molecule has 0 unspecified atom stereocenters. The molecule has 0 fully saturated rings. The number of aliphatic hydroxyl groups is 1. The molecule has 0 aliphatic heterocycles. The van der Waals surface area contributed by atoms with E-state index in [9.17, 15) is 0 Å². The van der Waals surface area contributed by atoms with Gasteiger partial charge in [0.2, 0.25) is 0 Å². The number of hydrogen-bond acceptors (Lipinski definition) is 2. The Morgan fingerprint density at radius 3 is 2.71 bits per heavy atom. The van der Waals surface area contributed by atoms with Crippen molar-refractivity contribution in [3.8, 4) is 17.6 Å². The van der Waals surface area contributed by atoms with Gasteiger partial charge in [-0.15, -0.1) is 0 Å². The van der Waals surface area contributed by atoms with E-state index in [4.69, 9.17) is 33.0 Å². The van der Waals surface area contributed by atoms with Gasteiger partial charge in [-0.25, -0.2) is 0 Å². The molecular weight excluding hydrogens is 307 g/mol. The summed E-state index contributed by atoms with van der Waals surface area (Å²) in [4.78, 5) is 0. The summed E-state index contributed by atoms with van der Waals surface area (Å²) in [5, 5.41) is 9.89. The van der Waals surface area contributed by atoms with Gasteiger partial charge in [-0.1, -0.05) is 47.2 Å². The molecule has 0 radical (unpaired) electrons. The molecule has 0 aliphatic carbocycles. The smallest absolute Gasteiger partial charge is 0.121 e. The lowest BCUT2D eigenvalue weighted by Crippen LogP contribution is -1.96. The third kappa shape index (κ3) is 4.99. The van der Waals surface area contributed by atoms with Gasteiger partial charge in [0, 0.05) is 27.6 Å². The summed E-state index contributed by atoms with van der Waals surface area (Å²) in [6.45, 7) is 0.432. The highest BCUT2D eigenvalue weighted by molar-refractivity contribution is 6.35. The lowest BCUT2D eigenvalue weighted by Gasteiger charge is -2.08. The second kappa shape index (κ2) is 7.95. The third-order valence-electron chi connectivity index (χ3n) is 2.71. The quantitative estimate of drug-likeness (QED) is 0.851. The predicted molar refractivity (Wildman–Crippen MR) is 85.8 cm³/mol. The highest BCUT2D eigenvalue weighted by Gasteiger charge is 2.02. The SMILES string of the molecule is OCCC#Cc1cccc(OCc2ccc(Cl)cc2Cl)c1. The molecule has 21 heavy (non-hydrogen) atoms. The third-order valence-corrected chi connectivity index (χ3v) is 3.30. The fourth-order valence-corrected chi connectivity index (χ4v) is 2.15. The van der Waals surface area contributed by atoms with Crippen LogP contribution in [-0.2, 0) is 6.61 Å². The molecule has 0 aromatic heterocycles. The first-order valence-corrected chi connectivity index (χ1v) is 7.21. The lowest BCUT2D eigenvalue weighted by atomic mass is 10.2. The van der Waals surface area contributed by atoms with Crippen molar-refractivity contribution in [3.63, 3.8) is 0 Å². The Balaban J connectivity index is 2.03. The van der Waals surface area contributed by atoms with Crippen molar-refractivity contribution in [1.29, 1.82) is 0 Å². The Labute approximate surface area is 134 Å². The van der Waals surface area contributed by atoms with Gasteiger partial charge in [0.25, 0.3) is 0 Å². The number of hydrogen-bond donors (Lipinski definition) is 1. The molecule has 0 atom stereocenters. The van der Waals surface area contributed by atoms with Crippen molar-refractivity contribution in [2.24, 2.45) is 0 Å². The van der Waals surface area contributed by atoms with Gasteiger partial charge >= 0.3 is 0 Å². The molecule has 0 bridgehead atoms. The summed E-state index contributed by atoms with van der Waals surface area (Å²) in [6, 6.07) is 12.8. The first kappa shape index (κ1) is 15.7. The number of halogens is 2. The van der Waals surface area contributed by atoms with Gasteiger partial charge in [-0.05, 0) is 30.3 Å². The van der Waals surface area contributed by atoms with Gasteiger partial charge in [0.05, 0.1) is 6.61 Å². The first-order valence-electron chi connectivity index (χ1n) is 6.45. The van der Waals surface area contributed by atoms with Gasteiger partial charge in [-0.2, -0.15) is 0 Å². The Hall–Kier alpha value is -1.66. The van der Waals surface area contributed by atoms with Gasteiger partial charge in [0.15, 0.2) is 0 Å². The van der Waals surface area contributed by atoms with E-state index in [1.807, 2.05) is 30.3 Å². The standard InChI is InChI=1S/C17H14Cl2O2/c18-15-8-7-14(17(19)11-15)12-21-16-6-3-5-13(10-16)4-1-2-9-20/h3,5-8,10-11,20H,2,9,12H2. The minimum Gasteiger partial charge on any atom is -0.489 e. The Kier molecular flexibility index (Phi) is 5.95. The highest BCUT2D eigenvalue weighted by atomic mass is 35.5. The minimum absolute atomic E-state index is 0.0677. The van der Waals surface area contributed by atoms with Crippen molar-refractivity contribution in [3.05, 3.63) is 63.6 Å². The molecule has 0 heterocycles. The lowest BCUT2D eigenvalue weighted by molar-refractivity contribution is 0.305. The van der Waals surface area contributed by atoms with Crippen LogP contribution < -0.4 is 4.74 Å².